The fraction of sp³-hybridized carbons (Fsp3) is 0.143. The van der Waals surface area contributed by atoms with Gasteiger partial charge in [0.25, 0.3) is 5.56 Å². The van der Waals surface area contributed by atoms with E-state index in [2.05, 4.69) is 10.1 Å². The molecule has 1 aromatic carbocycles. The van der Waals surface area contributed by atoms with Gasteiger partial charge in [0.15, 0.2) is 0 Å². The van der Waals surface area contributed by atoms with Gasteiger partial charge < -0.3 is 4.98 Å². The number of aryl methyl sites for hydroxylation is 1. The SMILES string of the molecule is CCc1cc2[nH]c(-c3ccc(Cl)cc3)cc(=O)n2n1. The van der Waals surface area contributed by atoms with Crippen molar-refractivity contribution in [1.82, 2.24) is 14.6 Å². The van der Waals surface area contributed by atoms with Crippen LogP contribution in [0.25, 0.3) is 16.9 Å². The molecule has 0 saturated carbocycles. The van der Waals surface area contributed by atoms with Crippen molar-refractivity contribution >= 4 is 17.2 Å². The van der Waals surface area contributed by atoms with E-state index in [-0.39, 0.29) is 5.56 Å². The monoisotopic (exact) mass is 273 g/mol. The van der Waals surface area contributed by atoms with Crippen LogP contribution in [0.3, 0.4) is 0 Å². The maximum absolute atomic E-state index is 12.0. The fourth-order valence-corrected chi connectivity index (χ4v) is 2.13. The third kappa shape index (κ3) is 2.15. The summed E-state index contributed by atoms with van der Waals surface area (Å²) in [6, 6.07) is 10.8. The third-order valence-corrected chi connectivity index (χ3v) is 3.27. The highest BCUT2D eigenvalue weighted by molar-refractivity contribution is 6.30. The second kappa shape index (κ2) is 4.55. The second-order valence-corrected chi connectivity index (χ2v) is 4.75. The smallest absolute Gasteiger partial charge is 0.274 e. The molecule has 0 aliphatic heterocycles. The van der Waals surface area contributed by atoms with Gasteiger partial charge in [0.1, 0.15) is 5.65 Å². The molecule has 1 N–H and O–H groups in total. The van der Waals surface area contributed by atoms with Gasteiger partial charge in [-0.3, -0.25) is 4.79 Å². The van der Waals surface area contributed by atoms with Gasteiger partial charge >= 0.3 is 0 Å². The number of fused-ring (bicyclic) bond motifs is 1. The first-order valence-corrected chi connectivity index (χ1v) is 6.43. The molecule has 2 aromatic heterocycles. The van der Waals surface area contributed by atoms with Crippen LogP contribution in [0.15, 0.2) is 41.2 Å². The van der Waals surface area contributed by atoms with Crippen molar-refractivity contribution in [2.75, 3.05) is 0 Å². The topological polar surface area (TPSA) is 50.2 Å². The Balaban J connectivity index is 2.20. The number of hydrogen-bond donors (Lipinski definition) is 1. The van der Waals surface area contributed by atoms with Crippen LogP contribution in [0.5, 0.6) is 0 Å². The number of aromatic nitrogens is 3. The van der Waals surface area contributed by atoms with E-state index in [4.69, 9.17) is 11.6 Å². The summed E-state index contributed by atoms with van der Waals surface area (Å²) in [5, 5.41) is 4.90. The molecule has 96 valence electrons. The molecular formula is C14H12ClN3O. The van der Waals surface area contributed by atoms with Crippen LogP contribution in [0.4, 0.5) is 0 Å². The van der Waals surface area contributed by atoms with E-state index in [0.717, 1.165) is 23.4 Å². The summed E-state index contributed by atoms with van der Waals surface area (Å²) in [5.74, 6) is 0. The molecule has 19 heavy (non-hydrogen) atoms. The molecule has 0 atom stereocenters. The number of nitrogens with one attached hydrogen (secondary N) is 1. The number of H-pyrrole nitrogens is 1. The van der Waals surface area contributed by atoms with E-state index >= 15 is 0 Å². The van der Waals surface area contributed by atoms with Gasteiger partial charge in [-0.2, -0.15) is 9.61 Å². The minimum atomic E-state index is -0.140. The maximum Gasteiger partial charge on any atom is 0.274 e. The van der Waals surface area contributed by atoms with Gasteiger partial charge in [0.2, 0.25) is 0 Å². The van der Waals surface area contributed by atoms with Crippen molar-refractivity contribution in [3.63, 3.8) is 0 Å². The molecule has 0 amide bonds. The average molecular weight is 274 g/mol. The normalized spacial score (nSPS) is 11.1. The lowest BCUT2D eigenvalue weighted by molar-refractivity contribution is 0.859. The molecule has 3 rings (SSSR count). The van der Waals surface area contributed by atoms with Gasteiger partial charge in [-0.25, -0.2) is 0 Å². The van der Waals surface area contributed by atoms with Crippen molar-refractivity contribution in [2.45, 2.75) is 13.3 Å². The Morgan fingerprint density at radius 3 is 2.68 bits per heavy atom. The van der Waals surface area contributed by atoms with Crippen LogP contribution in [0.1, 0.15) is 12.6 Å². The lowest BCUT2D eigenvalue weighted by Gasteiger charge is -2.02. The summed E-state index contributed by atoms with van der Waals surface area (Å²) >= 11 is 5.86. The lowest BCUT2D eigenvalue weighted by atomic mass is 10.1. The van der Waals surface area contributed by atoms with Crippen LogP contribution in [-0.2, 0) is 6.42 Å². The van der Waals surface area contributed by atoms with Gasteiger partial charge in [0.05, 0.1) is 11.4 Å². The fourth-order valence-electron chi connectivity index (χ4n) is 2.00. The van der Waals surface area contributed by atoms with Gasteiger partial charge in [-0.1, -0.05) is 30.7 Å². The Morgan fingerprint density at radius 2 is 2.00 bits per heavy atom. The van der Waals surface area contributed by atoms with Gasteiger partial charge in [-0.05, 0) is 24.1 Å². The van der Waals surface area contributed by atoms with E-state index in [9.17, 15) is 4.79 Å². The molecule has 0 bridgehead atoms. The Hall–Kier alpha value is -2.07. The Morgan fingerprint density at radius 1 is 1.26 bits per heavy atom. The van der Waals surface area contributed by atoms with Crippen LogP contribution in [0.2, 0.25) is 5.02 Å². The number of nitrogens with zero attached hydrogens (tertiary/aromatic N) is 2. The van der Waals surface area contributed by atoms with E-state index in [1.54, 1.807) is 18.2 Å². The number of benzene rings is 1. The van der Waals surface area contributed by atoms with Gasteiger partial charge in [0, 0.05) is 17.2 Å². The maximum atomic E-state index is 12.0. The van der Waals surface area contributed by atoms with E-state index in [1.165, 1.54) is 4.52 Å². The molecule has 5 heteroatoms. The summed E-state index contributed by atoms with van der Waals surface area (Å²) in [4.78, 5) is 15.2. The second-order valence-electron chi connectivity index (χ2n) is 4.31. The highest BCUT2D eigenvalue weighted by Gasteiger charge is 2.06. The summed E-state index contributed by atoms with van der Waals surface area (Å²) in [5.41, 5.74) is 3.13. The average Bonchev–Trinajstić information content (AvgIpc) is 2.83. The molecule has 0 aliphatic rings. The molecule has 0 fully saturated rings. The standard InChI is InChI=1S/C14H12ClN3O/c1-2-11-7-13-16-12(8-14(19)18(13)17-11)9-3-5-10(15)6-4-9/h3-8,16H,2H2,1H3. The molecule has 0 unspecified atom stereocenters. The quantitative estimate of drug-likeness (QED) is 0.780. The molecule has 0 saturated heterocycles. The van der Waals surface area contributed by atoms with E-state index < -0.39 is 0 Å². The predicted molar refractivity (Wildman–Crippen MR) is 75.6 cm³/mol. The summed E-state index contributed by atoms with van der Waals surface area (Å²) in [6.07, 6.45) is 0.797. The summed E-state index contributed by atoms with van der Waals surface area (Å²) in [7, 11) is 0. The van der Waals surface area contributed by atoms with E-state index in [0.29, 0.717) is 10.7 Å². The molecule has 0 aliphatic carbocycles. The van der Waals surface area contributed by atoms with Crippen LogP contribution < -0.4 is 5.56 Å². The van der Waals surface area contributed by atoms with Gasteiger partial charge in [-0.15, -0.1) is 0 Å². The van der Waals surface area contributed by atoms with Crippen molar-refractivity contribution in [1.29, 1.82) is 0 Å². The van der Waals surface area contributed by atoms with Crippen LogP contribution >= 0.6 is 11.6 Å². The Bertz CT molecular complexity index is 787. The van der Waals surface area contributed by atoms with Crippen molar-refractivity contribution in [3.05, 3.63) is 57.5 Å². The van der Waals surface area contributed by atoms with Crippen molar-refractivity contribution in [3.8, 4) is 11.3 Å². The number of rotatable bonds is 2. The zero-order valence-corrected chi connectivity index (χ0v) is 11.1. The molecule has 3 aromatic rings. The molecule has 4 nitrogen and oxygen atoms in total. The van der Waals surface area contributed by atoms with Crippen molar-refractivity contribution < 1.29 is 0 Å². The first-order valence-electron chi connectivity index (χ1n) is 6.05. The number of hydrogen-bond acceptors (Lipinski definition) is 2. The minimum absolute atomic E-state index is 0.140. The highest BCUT2D eigenvalue weighted by Crippen LogP contribution is 2.19. The van der Waals surface area contributed by atoms with E-state index in [1.807, 2.05) is 25.1 Å². The lowest BCUT2D eigenvalue weighted by Crippen LogP contribution is -2.14. The third-order valence-electron chi connectivity index (χ3n) is 3.02. The highest BCUT2D eigenvalue weighted by atomic mass is 35.5. The molecule has 2 heterocycles. The molecular weight excluding hydrogens is 262 g/mol. The first kappa shape index (κ1) is 12.0. The van der Waals surface area contributed by atoms with Crippen LogP contribution in [-0.4, -0.2) is 14.6 Å². The molecule has 0 spiro atoms. The minimum Gasteiger partial charge on any atom is -0.339 e. The zero-order valence-electron chi connectivity index (χ0n) is 10.4. The Labute approximate surface area is 114 Å². The number of aromatic amines is 1. The largest absolute Gasteiger partial charge is 0.339 e. The zero-order chi connectivity index (χ0) is 13.4. The molecule has 0 radical (unpaired) electrons. The van der Waals surface area contributed by atoms with Crippen molar-refractivity contribution in [2.24, 2.45) is 0 Å². The summed E-state index contributed by atoms with van der Waals surface area (Å²) < 4.78 is 1.39. The first-order chi connectivity index (χ1) is 9.17. The number of halogens is 1. The van der Waals surface area contributed by atoms with Crippen LogP contribution in [0, 0.1) is 0 Å². The predicted octanol–water partition coefficient (Wildman–Crippen LogP) is 2.91. The Kier molecular flexibility index (Phi) is 2.87. The summed E-state index contributed by atoms with van der Waals surface area (Å²) in [6.45, 7) is 2.01.